The van der Waals surface area contributed by atoms with Crippen LogP contribution in [0.3, 0.4) is 0 Å². The number of hydrogen-bond acceptors (Lipinski definition) is 4. The van der Waals surface area contributed by atoms with Crippen LogP contribution in [-0.2, 0) is 14.3 Å². The van der Waals surface area contributed by atoms with Gasteiger partial charge in [0.05, 0.1) is 19.1 Å². The van der Waals surface area contributed by atoms with Crippen molar-refractivity contribution in [3.8, 4) is 0 Å². The smallest absolute Gasteiger partial charge is 0.328 e. The lowest BCUT2D eigenvalue weighted by atomic mass is 10.1. The maximum absolute atomic E-state index is 11.5. The monoisotopic (exact) mass is 243 g/mol. The molecule has 0 aromatic heterocycles. The van der Waals surface area contributed by atoms with Gasteiger partial charge in [-0.25, -0.2) is 4.79 Å². The first kappa shape index (κ1) is 14.0. The molecule has 1 heterocycles. The van der Waals surface area contributed by atoms with Gasteiger partial charge in [-0.05, 0) is 6.42 Å². The highest BCUT2D eigenvalue weighted by Crippen LogP contribution is 2.09. The van der Waals surface area contributed by atoms with Crippen LogP contribution in [-0.4, -0.2) is 35.7 Å². The molecule has 0 aromatic rings. The first-order valence-electron chi connectivity index (χ1n) is 6.27. The Hall–Kier alpha value is -1.10. The lowest BCUT2D eigenvalue weighted by molar-refractivity contribution is -0.141. The molecule has 5 nitrogen and oxygen atoms in total. The lowest BCUT2D eigenvalue weighted by Gasteiger charge is -2.12. The molecule has 0 aliphatic carbocycles. The summed E-state index contributed by atoms with van der Waals surface area (Å²) in [7, 11) is 0. The second-order valence-electron chi connectivity index (χ2n) is 4.43. The Morgan fingerprint density at radius 1 is 1.59 bits per heavy atom. The number of aliphatic hydroxyl groups is 1. The van der Waals surface area contributed by atoms with Gasteiger partial charge in [-0.2, -0.15) is 0 Å². The van der Waals surface area contributed by atoms with Crippen molar-refractivity contribution in [2.24, 2.45) is 0 Å². The van der Waals surface area contributed by atoms with Crippen molar-refractivity contribution in [2.45, 2.75) is 57.6 Å². The van der Waals surface area contributed by atoms with Gasteiger partial charge in [-0.15, -0.1) is 0 Å². The summed E-state index contributed by atoms with van der Waals surface area (Å²) in [6, 6.07) is -0.523. The highest BCUT2D eigenvalue weighted by Gasteiger charge is 2.28. The number of unbranched alkanes of at least 4 members (excludes halogenated alkanes) is 2. The van der Waals surface area contributed by atoms with E-state index in [1.54, 1.807) is 0 Å². The first-order valence-corrected chi connectivity index (χ1v) is 6.27. The quantitative estimate of drug-likeness (QED) is 0.511. The van der Waals surface area contributed by atoms with Crippen LogP contribution in [0.2, 0.25) is 0 Å². The molecule has 0 aromatic carbocycles. The third-order valence-electron chi connectivity index (χ3n) is 2.83. The normalized spacial score (nSPS) is 21.1. The summed E-state index contributed by atoms with van der Waals surface area (Å²) >= 11 is 0. The third kappa shape index (κ3) is 5.17. The number of carbonyl (C=O) groups excluding carboxylic acids is 2. The number of amides is 1. The van der Waals surface area contributed by atoms with Crippen LogP contribution >= 0.6 is 0 Å². The fraction of sp³-hybridized carbons (Fsp3) is 0.833. The Morgan fingerprint density at radius 2 is 2.35 bits per heavy atom. The van der Waals surface area contributed by atoms with E-state index >= 15 is 0 Å². The summed E-state index contributed by atoms with van der Waals surface area (Å²) < 4.78 is 4.73. The van der Waals surface area contributed by atoms with E-state index in [1.807, 2.05) is 0 Å². The number of hydrogen-bond donors (Lipinski definition) is 2. The molecule has 2 N–H and O–H groups in total. The summed E-state index contributed by atoms with van der Waals surface area (Å²) in [5, 5.41) is 12.2. The van der Waals surface area contributed by atoms with Crippen molar-refractivity contribution < 1.29 is 19.4 Å². The lowest BCUT2D eigenvalue weighted by Crippen LogP contribution is -2.39. The summed E-state index contributed by atoms with van der Waals surface area (Å²) in [4.78, 5) is 22.6. The number of cyclic esters (lactones) is 1. The van der Waals surface area contributed by atoms with E-state index in [1.165, 1.54) is 0 Å². The molecule has 2 atom stereocenters. The minimum absolute atomic E-state index is 0.0630. The van der Waals surface area contributed by atoms with E-state index in [-0.39, 0.29) is 18.3 Å². The van der Waals surface area contributed by atoms with Crippen molar-refractivity contribution >= 4 is 11.9 Å². The SMILES string of the molecule is CCCCC[C@H](O)CC(=O)N[C@@H]1CCOC1=O. The van der Waals surface area contributed by atoms with Crippen LogP contribution in [0.25, 0.3) is 0 Å². The zero-order valence-electron chi connectivity index (χ0n) is 10.3. The average Bonchev–Trinajstić information content (AvgIpc) is 2.64. The van der Waals surface area contributed by atoms with Crippen molar-refractivity contribution in [1.29, 1.82) is 0 Å². The van der Waals surface area contributed by atoms with Gasteiger partial charge in [0, 0.05) is 6.42 Å². The van der Waals surface area contributed by atoms with Gasteiger partial charge in [0.2, 0.25) is 5.91 Å². The van der Waals surface area contributed by atoms with Crippen LogP contribution in [0, 0.1) is 0 Å². The van der Waals surface area contributed by atoms with E-state index < -0.39 is 12.1 Å². The van der Waals surface area contributed by atoms with E-state index in [0.717, 1.165) is 19.3 Å². The number of rotatable bonds is 7. The molecule has 5 heteroatoms. The molecular weight excluding hydrogens is 222 g/mol. The Bertz CT molecular complexity index is 267. The largest absolute Gasteiger partial charge is 0.464 e. The number of nitrogens with one attached hydrogen (secondary N) is 1. The van der Waals surface area contributed by atoms with Crippen LogP contribution < -0.4 is 5.32 Å². The van der Waals surface area contributed by atoms with Gasteiger partial charge < -0.3 is 15.2 Å². The van der Waals surface area contributed by atoms with Gasteiger partial charge in [0.1, 0.15) is 6.04 Å². The zero-order chi connectivity index (χ0) is 12.7. The summed E-state index contributed by atoms with van der Waals surface area (Å²) in [5.41, 5.74) is 0. The van der Waals surface area contributed by atoms with E-state index in [0.29, 0.717) is 19.4 Å². The molecule has 1 amide bonds. The first-order chi connectivity index (χ1) is 8.13. The van der Waals surface area contributed by atoms with Crippen molar-refractivity contribution in [3.05, 3.63) is 0 Å². The van der Waals surface area contributed by atoms with Gasteiger partial charge in [-0.1, -0.05) is 26.2 Å². The number of esters is 1. The molecule has 0 spiro atoms. The number of aliphatic hydroxyl groups excluding tert-OH is 1. The second-order valence-corrected chi connectivity index (χ2v) is 4.43. The molecule has 98 valence electrons. The average molecular weight is 243 g/mol. The van der Waals surface area contributed by atoms with Crippen LogP contribution in [0.1, 0.15) is 45.4 Å². The molecule has 1 aliphatic heterocycles. The van der Waals surface area contributed by atoms with Crippen molar-refractivity contribution in [2.75, 3.05) is 6.61 Å². The molecule has 0 unspecified atom stereocenters. The van der Waals surface area contributed by atoms with Gasteiger partial charge in [-0.3, -0.25) is 4.79 Å². The number of carbonyl (C=O) groups is 2. The van der Waals surface area contributed by atoms with E-state index in [2.05, 4.69) is 12.2 Å². The van der Waals surface area contributed by atoms with Crippen molar-refractivity contribution in [3.63, 3.8) is 0 Å². The molecule has 1 rings (SSSR count). The van der Waals surface area contributed by atoms with Gasteiger partial charge in [0.15, 0.2) is 0 Å². The minimum atomic E-state index is -0.612. The topological polar surface area (TPSA) is 75.6 Å². The molecular formula is C12H21NO4. The standard InChI is InChI=1S/C12H21NO4/c1-2-3-4-5-9(14)8-11(15)13-10-6-7-17-12(10)16/h9-10,14H,2-8H2,1H3,(H,13,15)/t9-,10+/m0/s1. The fourth-order valence-electron chi connectivity index (χ4n) is 1.83. The summed E-state index contributed by atoms with van der Waals surface area (Å²) in [6.07, 6.45) is 3.69. The molecule has 0 bridgehead atoms. The highest BCUT2D eigenvalue weighted by atomic mass is 16.5. The molecule has 0 radical (unpaired) electrons. The van der Waals surface area contributed by atoms with E-state index in [9.17, 15) is 14.7 Å². The Labute approximate surface area is 102 Å². The summed E-state index contributed by atoms with van der Waals surface area (Å²) in [6.45, 7) is 2.45. The Kier molecular flexibility index (Phi) is 5.97. The minimum Gasteiger partial charge on any atom is -0.464 e. The van der Waals surface area contributed by atoms with Crippen LogP contribution in [0.15, 0.2) is 0 Å². The molecule has 1 saturated heterocycles. The molecule has 1 aliphatic rings. The van der Waals surface area contributed by atoms with Crippen LogP contribution in [0.5, 0.6) is 0 Å². The number of ether oxygens (including phenoxy) is 1. The second kappa shape index (κ2) is 7.27. The third-order valence-corrected chi connectivity index (χ3v) is 2.83. The maximum atomic E-state index is 11.5. The predicted octanol–water partition coefficient (Wildman–Crippen LogP) is 0.749. The molecule has 17 heavy (non-hydrogen) atoms. The Balaban J connectivity index is 2.17. The van der Waals surface area contributed by atoms with Gasteiger partial charge >= 0.3 is 5.97 Å². The Morgan fingerprint density at radius 3 is 2.94 bits per heavy atom. The van der Waals surface area contributed by atoms with E-state index in [4.69, 9.17) is 4.74 Å². The maximum Gasteiger partial charge on any atom is 0.328 e. The fourth-order valence-corrected chi connectivity index (χ4v) is 1.83. The summed E-state index contributed by atoms with van der Waals surface area (Å²) in [5.74, 6) is -0.656. The van der Waals surface area contributed by atoms with Crippen LogP contribution in [0.4, 0.5) is 0 Å². The van der Waals surface area contributed by atoms with Crippen molar-refractivity contribution in [1.82, 2.24) is 5.32 Å². The highest BCUT2D eigenvalue weighted by molar-refractivity contribution is 5.85. The van der Waals surface area contributed by atoms with Gasteiger partial charge in [0.25, 0.3) is 0 Å². The molecule has 1 fully saturated rings. The molecule has 0 saturated carbocycles. The predicted molar refractivity (Wildman–Crippen MR) is 62.3 cm³/mol. The zero-order valence-corrected chi connectivity index (χ0v) is 10.3.